The zero-order chi connectivity index (χ0) is 20.4. The van der Waals surface area contributed by atoms with Crippen LogP contribution in [0, 0.1) is 0 Å². The van der Waals surface area contributed by atoms with Crippen LogP contribution in [-0.2, 0) is 24.8 Å². The van der Waals surface area contributed by atoms with Crippen LogP contribution in [0.2, 0.25) is 0 Å². The summed E-state index contributed by atoms with van der Waals surface area (Å²) in [6.45, 7) is 1.54. The fourth-order valence-corrected chi connectivity index (χ4v) is 3.13. The Bertz CT molecular complexity index is 1150. The molecule has 0 unspecified atom stereocenters. The number of nitrogens with zero attached hydrogens (tertiary/aromatic N) is 4. The van der Waals surface area contributed by atoms with Gasteiger partial charge >= 0.3 is 5.69 Å². The van der Waals surface area contributed by atoms with Crippen LogP contribution in [0.1, 0.15) is 12.5 Å². The second-order valence-electron chi connectivity index (χ2n) is 6.39. The van der Waals surface area contributed by atoms with E-state index in [1.165, 1.54) is 23.6 Å². The molecule has 0 aliphatic carbocycles. The largest absolute Gasteiger partial charge is 0.495 e. The molecule has 2 heterocycles. The number of carbonyl (C=O) groups is 1. The highest BCUT2D eigenvalue weighted by atomic mass is 16.5. The topological polar surface area (TPSA) is 86.4 Å². The summed E-state index contributed by atoms with van der Waals surface area (Å²) in [6.07, 6.45) is 2.21. The number of likely N-dealkylation sites (N-methyl/N-ethyl adjacent to an activating group) is 1. The molecule has 0 fully saturated rings. The van der Waals surface area contributed by atoms with Crippen molar-refractivity contribution in [2.75, 3.05) is 19.1 Å². The summed E-state index contributed by atoms with van der Waals surface area (Å²) < 4.78 is 7.62. The lowest BCUT2D eigenvalue weighted by molar-refractivity contribution is -0.119. The lowest BCUT2D eigenvalue weighted by Crippen LogP contribution is -2.44. The first-order valence-electron chi connectivity index (χ1n) is 8.87. The Labute approximate surface area is 161 Å². The van der Waals surface area contributed by atoms with Crippen LogP contribution in [0.5, 0.6) is 5.75 Å². The number of aromatic nitrogens is 3. The van der Waals surface area contributed by atoms with Crippen molar-refractivity contribution in [1.82, 2.24) is 14.1 Å². The first kappa shape index (κ1) is 19.3. The van der Waals surface area contributed by atoms with E-state index in [9.17, 15) is 14.4 Å². The lowest BCUT2D eigenvalue weighted by Gasteiger charge is -2.18. The maximum Gasteiger partial charge on any atom is 0.332 e. The van der Waals surface area contributed by atoms with E-state index in [4.69, 9.17) is 4.74 Å². The highest BCUT2D eigenvalue weighted by molar-refractivity contribution is 5.92. The number of ether oxygens (including phenoxy) is 1. The summed E-state index contributed by atoms with van der Waals surface area (Å²) in [6, 6.07) is 9.02. The molecule has 3 rings (SSSR count). The van der Waals surface area contributed by atoms with Gasteiger partial charge in [-0.15, -0.1) is 0 Å². The molecule has 8 heteroatoms. The number of hydrogen-bond donors (Lipinski definition) is 0. The monoisotopic (exact) mass is 382 g/mol. The molecule has 0 saturated heterocycles. The number of aryl methyl sites for hydroxylation is 2. The number of benzene rings is 1. The number of carbonyl (C=O) groups excluding carboxylic acids is 1. The molecule has 146 valence electrons. The van der Waals surface area contributed by atoms with E-state index in [0.717, 1.165) is 10.1 Å². The maximum atomic E-state index is 13.1. The third-order valence-corrected chi connectivity index (χ3v) is 4.78. The van der Waals surface area contributed by atoms with E-state index in [0.29, 0.717) is 17.9 Å². The van der Waals surface area contributed by atoms with Gasteiger partial charge in [-0.25, -0.2) is 14.3 Å². The number of rotatable bonds is 5. The summed E-state index contributed by atoms with van der Waals surface area (Å²) in [5.41, 5.74) is 0.457. The van der Waals surface area contributed by atoms with E-state index in [1.807, 2.05) is 25.1 Å². The Hall–Kier alpha value is -3.42. The molecule has 0 spiro atoms. The average Bonchev–Trinajstić information content (AvgIpc) is 2.73. The molecule has 0 aliphatic heterocycles. The Morgan fingerprint density at radius 3 is 2.50 bits per heavy atom. The summed E-state index contributed by atoms with van der Waals surface area (Å²) >= 11 is 0. The molecule has 0 N–H and O–H groups in total. The van der Waals surface area contributed by atoms with E-state index >= 15 is 0 Å². The number of pyridine rings is 1. The van der Waals surface area contributed by atoms with Crippen molar-refractivity contribution >= 4 is 22.6 Å². The lowest BCUT2D eigenvalue weighted by atomic mass is 10.1. The van der Waals surface area contributed by atoms with Crippen molar-refractivity contribution < 1.29 is 9.53 Å². The molecule has 0 radical (unpaired) electrons. The van der Waals surface area contributed by atoms with Gasteiger partial charge in [-0.2, -0.15) is 0 Å². The third kappa shape index (κ3) is 3.17. The normalized spacial score (nSPS) is 10.9. The first-order chi connectivity index (χ1) is 13.4. The summed E-state index contributed by atoms with van der Waals surface area (Å²) in [5.74, 6) is -0.00552. The van der Waals surface area contributed by atoms with Crippen molar-refractivity contribution in [2.45, 2.75) is 19.9 Å². The maximum absolute atomic E-state index is 13.1. The Morgan fingerprint density at radius 2 is 1.89 bits per heavy atom. The van der Waals surface area contributed by atoms with Gasteiger partial charge in [0, 0.05) is 31.5 Å². The van der Waals surface area contributed by atoms with Gasteiger partial charge in [0.25, 0.3) is 5.56 Å². The third-order valence-electron chi connectivity index (χ3n) is 4.78. The quantitative estimate of drug-likeness (QED) is 0.664. The Morgan fingerprint density at radius 1 is 1.21 bits per heavy atom. The molecule has 8 nitrogen and oxygen atoms in total. The fraction of sp³-hybridized carbons (Fsp3) is 0.300. The van der Waals surface area contributed by atoms with Crippen LogP contribution < -0.4 is 20.9 Å². The summed E-state index contributed by atoms with van der Waals surface area (Å²) in [7, 11) is 4.59. The molecule has 0 bridgehead atoms. The molecule has 0 aliphatic rings. The fourth-order valence-electron chi connectivity index (χ4n) is 3.13. The molecule has 1 amide bonds. The average molecular weight is 382 g/mol. The number of methoxy groups -OCH3 is 1. The molecular weight excluding hydrogens is 360 g/mol. The Balaban J connectivity index is 2.15. The van der Waals surface area contributed by atoms with Gasteiger partial charge in [0.2, 0.25) is 5.91 Å². The van der Waals surface area contributed by atoms with Gasteiger partial charge in [0.15, 0.2) is 5.65 Å². The van der Waals surface area contributed by atoms with Gasteiger partial charge in [-0.1, -0.05) is 25.1 Å². The van der Waals surface area contributed by atoms with Crippen LogP contribution >= 0.6 is 0 Å². The van der Waals surface area contributed by atoms with Gasteiger partial charge in [0.1, 0.15) is 17.7 Å². The number of para-hydroxylation sites is 1. The second-order valence-corrected chi connectivity index (χ2v) is 6.39. The number of amides is 1. The number of anilines is 1. The molecule has 0 saturated carbocycles. The SMILES string of the molecule is CCc1cnc2c(c1OC)c(=O)n(CC(=O)N(C)c1ccccc1)c(=O)n2C. The Kier molecular flexibility index (Phi) is 5.30. The standard InChI is InChI=1S/C20H22N4O4/c1-5-13-11-21-18-16(17(13)28-4)19(26)24(20(27)23(18)3)12-15(25)22(2)14-9-7-6-8-10-14/h6-11H,5,12H2,1-4H3. The van der Waals surface area contributed by atoms with Crippen molar-refractivity contribution in [2.24, 2.45) is 7.05 Å². The molecule has 28 heavy (non-hydrogen) atoms. The highest BCUT2D eigenvalue weighted by Gasteiger charge is 2.21. The van der Waals surface area contributed by atoms with Gasteiger partial charge in [-0.05, 0) is 18.6 Å². The van der Waals surface area contributed by atoms with Crippen molar-refractivity contribution in [3.63, 3.8) is 0 Å². The summed E-state index contributed by atoms with van der Waals surface area (Å²) in [5, 5.41) is 0.194. The van der Waals surface area contributed by atoms with Crippen molar-refractivity contribution in [1.29, 1.82) is 0 Å². The van der Waals surface area contributed by atoms with Gasteiger partial charge in [-0.3, -0.25) is 14.2 Å². The van der Waals surface area contributed by atoms with Crippen molar-refractivity contribution in [3.05, 3.63) is 62.9 Å². The minimum Gasteiger partial charge on any atom is -0.495 e. The smallest absolute Gasteiger partial charge is 0.332 e. The van der Waals surface area contributed by atoms with E-state index in [1.54, 1.807) is 25.4 Å². The minimum absolute atomic E-state index is 0.194. The molecule has 0 atom stereocenters. The molecule has 2 aromatic heterocycles. The zero-order valence-electron chi connectivity index (χ0n) is 16.3. The molecule has 1 aromatic carbocycles. The predicted octanol–water partition coefficient (Wildman–Crippen LogP) is 1.33. The second kappa shape index (κ2) is 7.67. The van der Waals surface area contributed by atoms with E-state index in [-0.39, 0.29) is 23.5 Å². The predicted molar refractivity (Wildman–Crippen MR) is 107 cm³/mol. The number of fused-ring (bicyclic) bond motifs is 1. The summed E-state index contributed by atoms with van der Waals surface area (Å²) in [4.78, 5) is 44.2. The number of hydrogen-bond acceptors (Lipinski definition) is 5. The van der Waals surface area contributed by atoms with Crippen molar-refractivity contribution in [3.8, 4) is 5.75 Å². The van der Waals surface area contributed by atoms with Gasteiger partial charge in [0.05, 0.1) is 7.11 Å². The molecular formula is C20H22N4O4. The van der Waals surface area contributed by atoms with Crippen LogP contribution in [0.25, 0.3) is 11.0 Å². The van der Waals surface area contributed by atoms with Crippen LogP contribution in [0.3, 0.4) is 0 Å². The minimum atomic E-state index is -0.605. The highest BCUT2D eigenvalue weighted by Crippen LogP contribution is 2.25. The van der Waals surface area contributed by atoms with E-state index in [2.05, 4.69) is 4.98 Å². The van der Waals surface area contributed by atoms with Gasteiger partial charge < -0.3 is 9.64 Å². The van der Waals surface area contributed by atoms with Crippen LogP contribution in [0.4, 0.5) is 5.69 Å². The van der Waals surface area contributed by atoms with E-state index < -0.39 is 11.2 Å². The van der Waals surface area contributed by atoms with Crippen LogP contribution in [-0.4, -0.2) is 34.2 Å². The zero-order valence-corrected chi connectivity index (χ0v) is 16.3. The first-order valence-corrected chi connectivity index (χ1v) is 8.87. The molecule has 3 aromatic rings. The van der Waals surface area contributed by atoms with Crippen LogP contribution in [0.15, 0.2) is 46.1 Å².